The van der Waals surface area contributed by atoms with E-state index in [0.29, 0.717) is 36.5 Å². The lowest BCUT2D eigenvalue weighted by molar-refractivity contribution is -0.110. The number of hydrogen-bond acceptors (Lipinski definition) is 4. The fourth-order valence-corrected chi connectivity index (χ4v) is 4.16. The monoisotopic (exact) mass is 416 g/mol. The standard InChI is InChI=1S/C23H24N6O2/c1-14-11-18-20(26-14)13-17-16-12-15(3-4-19(16)27-22(17)30)21-5-6-25-29(21)10-8-24-7-9-28(2)23(18)31/h3-6,11-13,24,26H,7-10H2,1-2H3,(H,27,30)/b17-13-. The maximum absolute atomic E-state index is 13.1. The Bertz CT molecular complexity index is 1220. The van der Waals surface area contributed by atoms with E-state index >= 15 is 0 Å². The summed E-state index contributed by atoms with van der Waals surface area (Å²) in [5.74, 6) is -0.253. The number of carbonyl (C=O) groups excluding carboxylic acids is 2. The van der Waals surface area contributed by atoms with Gasteiger partial charge in [0.15, 0.2) is 0 Å². The number of fused-ring (bicyclic) bond motifs is 4. The molecule has 2 aliphatic heterocycles. The van der Waals surface area contributed by atoms with E-state index in [1.54, 1.807) is 24.2 Å². The van der Waals surface area contributed by atoms with Crippen LogP contribution in [0.3, 0.4) is 0 Å². The summed E-state index contributed by atoms with van der Waals surface area (Å²) in [5.41, 5.74) is 6.19. The predicted octanol–water partition coefficient (Wildman–Crippen LogP) is 2.35. The number of nitrogens with one attached hydrogen (secondary N) is 3. The van der Waals surface area contributed by atoms with Gasteiger partial charge in [-0.15, -0.1) is 0 Å². The molecule has 0 unspecified atom stereocenters. The van der Waals surface area contributed by atoms with Crippen LogP contribution >= 0.6 is 0 Å². The highest BCUT2D eigenvalue weighted by molar-refractivity contribution is 6.35. The molecular formula is C23H24N6O2. The zero-order chi connectivity index (χ0) is 21.5. The topological polar surface area (TPSA) is 95.0 Å². The number of rotatable bonds is 0. The third-order valence-corrected chi connectivity index (χ3v) is 5.79. The number of carbonyl (C=O) groups is 2. The Labute approximate surface area is 179 Å². The Morgan fingerprint density at radius 2 is 1.87 bits per heavy atom. The van der Waals surface area contributed by atoms with E-state index in [1.807, 2.05) is 41.9 Å². The van der Waals surface area contributed by atoms with E-state index in [1.165, 1.54) is 0 Å². The van der Waals surface area contributed by atoms with Crippen molar-refractivity contribution >= 4 is 29.2 Å². The summed E-state index contributed by atoms with van der Waals surface area (Å²) < 4.78 is 1.95. The van der Waals surface area contributed by atoms with Crippen molar-refractivity contribution < 1.29 is 9.59 Å². The van der Waals surface area contributed by atoms with Crippen molar-refractivity contribution in [2.45, 2.75) is 13.5 Å². The van der Waals surface area contributed by atoms with Crippen molar-refractivity contribution in [2.75, 3.05) is 32.0 Å². The minimum absolute atomic E-state index is 0.0770. The Hall–Kier alpha value is -3.65. The summed E-state index contributed by atoms with van der Waals surface area (Å²) >= 11 is 0. The Balaban J connectivity index is 1.67. The Morgan fingerprint density at radius 3 is 2.74 bits per heavy atom. The molecule has 0 fully saturated rings. The van der Waals surface area contributed by atoms with Crippen LogP contribution in [-0.2, 0) is 11.3 Å². The minimum Gasteiger partial charge on any atom is -0.358 e. The molecule has 3 N–H and O–H groups in total. The van der Waals surface area contributed by atoms with E-state index in [2.05, 4.69) is 20.7 Å². The van der Waals surface area contributed by atoms with Gasteiger partial charge in [0, 0.05) is 55.4 Å². The molecule has 2 aromatic heterocycles. The second-order valence-corrected chi connectivity index (χ2v) is 7.97. The number of H-pyrrole nitrogens is 1. The van der Waals surface area contributed by atoms with Crippen molar-refractivity contribution in [3.8, 4) is 11.3 Å². The average molecular weight is 416 g/mol. The fourth-order valence-electron chi connectivity index (χ4n) is 4.16. The van der Waals surface area contributed by atoms with Crippen LogP contribution in [0.15, 0.2) is 36.5 Å². The first-order chi connectivity index (χ1) is 15.0. The second kappa shape index (κ2) is 7.55. The van der Waals surface area contributed by atoms with Crippen molar-refractivity contribution in [2.24, 2.45) is 0 Å². The van der Waals surface area contributed by atoms with Gasteiger partial charge in [-0.2, -0.15) is 5.10 Å². The normalized spacial score (nSPS) is 18.3. The van der Waals surface area contributed by atoms with Crippen LogP contribution in [0.5, 0.6) is 0 Å². The maximum atomic E-state index is 13.1. The van der Waals surface area contributed by atoms with Gasteiger partial charge in [0.05, 0.1) is 29.1 Å². The second-order valence-electron chi connectivity index (χ2n) is 7.97. The molecule has 1 aromatic carbocycles. The first-order valence-electron chi connectivity index (χ1n) is 10.4. The molecule has 4 heterocycles. The number of likely N-dealkylation sites (N-methyl/N-ethyl adjacent to an activating group) is 1. The molecular weight excluding hydrogens is 392 g/mol. The van der Waals surface area contributed by atoms with Gasteiger partial charge >= 0.3 is 0 Å². The molecule has 2 aliphatic rings. The number of aromatic amines is 1. The third kappa shape index (κ3) is 3.44. The molecule has 0 spiro atoms. The highest BCUT2D eigenvalue weighted by Crippen LogP contribution is 2.36. The van der Waals surface area contributed by atoms with E-state index < -0.39 is 0 Å². The van der Waals surface area contributed by atoms with Gasteiger partial charge in [-0.1, -0.05) is 6.07 Å². The summed E-state index contributed by atoms with van der Waals surface area (Å²) in [7, 11) is 1.79. The van der Waals surface area contributed by atoms with Gasteiger partial charge in [0.1, 0.15) is 0 Å². The summed E-state index contributed by atoms with van der Waals surface area (Å²) in [4.78, 5) is 30.8. The van der Waals surface area contributed by atoms with Gasteiger partial charge in [-0.3, -0.25) is 14.3 Å². The van der Waals surface area contributed by atoms with Gasteiger partial charge in [0.2, 0.25) is 0 Å². The van der Waals surface area contributed by atoms with Gasteiger partial charge in [-0.25, -0.2) is 0 Å². The summed E-state index contributed by atoms with van der Waals surface area (Å²) in [5, 5.41) is 10.8. The molecule has 2 bridgehead atoms. The van der Waals surface area contributed by atoms with Crippen LogP contribution in [0.2, 0.25) is 0 Å². The quantitative estimate of drug-likeness (QED) is 0.524. The molecule has 0 saturated carbocycles. The first kappa shape index (κ1) is 19.3. The summed E-state index contributed by atoms with van der Waals surface area (Å²) in [6, 6.07) is 9.74. The van der Waals surface area contributed by atoms with Gasteiger partial charge in [-0.05, 0) is 37.3 Å². The number of hydrogen-bond donors (Lipinski definition) is 3. The number of amides is 2. The Morgan fingerprint density at radius 1 is 1.03 bits per heavy atom. The molecule has 0 saturated heterocycles. The zero-order valence-corrected chi connectivity index (χ0v) is 17.5. The van der Waals surface area contributed by atoms with E-state index in [0.717, 1.165) is 34.7 Å². The van der Waals surface area contributed by atoms with Crippen molar-refractivity contribution in [3.63, 3.8) is 0 Å². The minimum atomic E-state index is -0.176. The lowest BCUT2D eigenvalue weighted by Gasteiger charge is -2.18. The van der Waals surface area contributed by atoms with Crippen molar-refractivity contribution in [1.29, 1.82) is 0 Å². The number of benzene rings is 1. The molecule has 158 valence electrons. The smallest absolute Gasteiger partial charge is 0.256 e. The maximum Gasteiger partial charge on any atom is 0.256 e. The van der Waals surface area contributed by atoms with Crippen LogP contribution < -0.4 is 10.6 Å². The SMILES string of the molecule is Cc1cc2c([nH]1)/C=C1\C(=O)Nc3ccc(cc31)-c1ccnn1CCNCCN(C)C2=O. The molecule has 2 amide bonds. The molecule has 0 atom stereocenters. The third-order valence-electron chi connectivity index (χ3n) is 5.79. The van der Waals surface area contributed by atoms with Gasteiger partial charge < -0.3 is 20.5 Å². The van der Waals surface area contributed by atoms with Gasteiger partial charge in [0.25, 0.3) is 11.8 Å². The molecule has 0 aliphatic carbocycles. The highest BCUT2D eigenvalue weighted by atomic mass is 16.2. The lowest BCUT2D eigenvalue weighted by Crippen LogP contribution is -2.35. The Kier molecular flexibility index (Phi) is 4.71. The predicted molar refractivity (Wildman–Crippen MR) is 120 cm³/mol. The first-order valence-corrected chi connectivity index (χ1v) is 10.4. The van der Waals surface area contributed by atoms with Crippen LogP contribution in [0.1, 0.15) is 27.3 Å². The van der Waals surface area contributed by atoms with Crippen LogP contribution in [-0.4, -0.2) is 58.2 Å². The number of aromatic nitrogens is 3. The number of aryl methyl sites for hydroxylation is 1. The van der Waals surface area contributed by atoms with Crippen LogP contribution in [0.4, 0.5) is 5.69 Å². The van der Waals surface area contributed by atoms with E-state index in [-0.39, 0.29) is 11.8 Å². The summed E-state index contributed by atoms with van der Waals surface area (Å²) in [6.07, 6.45) is 3.57. The largest absolute Gasteiger partial charge is 0.358 e. The molecule has 8 heteroatoms. The van der Waals surface area contributed by atoms with Crippen molar-refractivity contribution in [1.82, 2.24) is 25.0 Å². The molecule has 3 aromatic rings. The van der Waals surface area contributed by atoms with Crippen LogP contribution in [0, 0.1) is 6.92 Å². The molecule has 0 radical (unpaired) electrons. The van der Waals surface area contributed by atoms with Crippen LogP contribution in [0.25, 0.3) is 22.9 Å². The number of anilines is 1. The summed E-state index contributed by atoms with van der Waals surface area (Å²) in [6.45, 7) is 4.61. The molecule has 5 rings (SSSR count). The average Bonchev–Trinajstić information content (AvgIpc) is 3.44. The molecule has 8 nitrogen and oxygen atoms in total. The molecule has 31 heavy (non-hydrogen) atoms. The highest BCUT2D eigenvalue weighted by Gasteiger charge is 2.27. The van der Waals surface area contributed by atoms with Crippen molar-refractivity contribution in [3.05, 3.63) is 59.0 Å². The van der Waals surface area contributed by atoms with E-state index in [4.69, 9.17) is 0 Å². The lowest BCUT2D eigenvalue weighted by atomic mass is 10.0. The zero-order valence-electron chi connectivity index (χ0n) is 17.5. The van der Waals surface area contributed by atoms with E-state index in [9.17, 15) is 9.59 Å². The fraction of sp³-hybridized carbons (Fsp3) is 0.261. The number of nitrogens with zero attached hydrogens (tertiary/aromatic N) is 3.